The highest BCUT2D eigenvalue weighted by Gasteiger charge is 2.25. The number of thiol groups is 1. The van der Waals surface area contributed by atoms with Gasteiger partial charge in [0.1, 0.15) is 12.1 Å². The van der Waals surface area contributed by atoms with Crippen LogP contribution in [0.25, 0.3) is 10.9 Å². The van der Waals surface area contributed by atoms with Crippen molar-refractivity contribution in [3.63, 3.8) is 0 Å². The summed E-state index contributed by atoms with van der Waals surface area (Å²) in [5.41, 5.74) is 12.8. The van der Waals surface area contributed by atoms with Crippen LogP contribution in [0, 0.1) is 0 Å². The van der Waals surface area contributed by atoms with E-state index < -0.39 is 54.3 Å². The first-order valence-corrected chi connectivity index (χ1v) is 11.1. The summed E-state index contributed by atoms with van der Waals surface area (Å²) in [5, 5.41) is 17.1. The molecule has 2 rings (SSSR count). The van der Waals surface area contributed by atoms with E-state index in [4.69, 9.17) is 16.6 Å². The van der Waals surface area contributed by atoms with E-state index in [1.807, 2.05) is 24.3 Å². The van der Waals surface area contributed by atoms with Gasteiger partial charge in [-0.25, -0.2) is 4.79 Å². The van der Waals surface area contributed by atoms with Gasteiger partial charge in [-0.05, 0) is 24.5 Å². The van der Waals surface area contributed by atoms with Crippen molar-refractivity contribution in [1.82, 2.24) is 20.9 Å². The summed E-state index contributed by atoms with van der Waals surface area (Å²) < 4.78 is 0. The molecule has 0 aliphatic rings. The summed E-state index contributed by atoms with van der Waals surface area (Å²) in [7, 11) is 0. The number of carbonyl (C=O) groups excluding carboxylic acids is 4. The number of carbonyl (C=O) groups is 5. The lowest BCUT2D eigenvalue weighted by molar-refractivity contribution is -0.142. The zero-order valence-electron chi connectivity index (χ0n) is 18.2. The van der Waals surface area contributed by atoms with Crippen LogP contribution in [0.5, 0.6) is 0 Å². The molecule has 3 unspecified atom stereocenters. The number of hydrogen-bond donors (Lipinski definition) is 8. The Kier molecular flexibility index (Phi) is 9.89. The van der Waals surface area contributed by atoms with E-state index in [1.165, 1.54) is 0 Å². The zero-order valence-corrected chi connectivity index (χ0v) is 19.1. The van der Waals surface area contributed by atoms with E-state index in [2.05, 4.69) is 33.6 Å². The fourth-order valence-corrected chi connectivity index (χ4v) is 3.44. The Labute approximate surface area is 200 Å². The van der Waals surface area contributed by atoms with Gasteiger partial charge >= 0.3 is 5.97 Å². The number of benzene rings is 1. The second-order valence-corrected chi connectivity index (χ2v) is 7.96. The largest absolute Gasteiger partial charge is 0.480 e. The number of rotatable bonds is 13. The predicted molar refractivity (Wildman–Crippen MR) is 127 cm³/mol. The van der Waals surface area contributed by atoms with E-state index in [1.54, 1.807) is 6.20 Å². The first kappa shape index (κ1) is 26.7. The van der Waals surface area contributed by atoms with Gasteiger partial charge in [0.25, 0.3) is 0 Å². The van der Waals surface area contributed by atoms with E-state index >= 15 is 0 Å². The number of aromatic amines is 1. The van der Waals surface area contributed by atoms with Gasteiger partial charge in [-0.3, -0.25) is 19.2 Å². The fourth-order valence-electron chi connectivity index (χ4n) is 3.18. The van der Waals surface area contributed by atoms with Crippen LogP contribution in [0.1, 0.15) is 18.4 Å². The zero-order chi connectivity index (χ0) is 25.3. The molecule has 1 aromatic carbocycles. The molecule has 34 heavy (non-hydrogen) atoms. The molecule has 12 nitrogen and oxygen atoms in total. The van der Waals surface area contributed by atoms with E-state index in [9.17, 15) is 24.0 Å². The molecule has 0 aliphatic carbocycles. The number of H-pyrrole nitrogens is 1. The maximum atomic E-state index is 12.5. The molecule has 0 aliphatic heterocycles. The molecule has 0 radical (unpaired) electrons. The normalized spacial score (nSPS) is 13.5. The van der Waals surface area contributed by atoms with Gasteiger partial charge in [-0.15, -0.1) is 0 Å². The Morgan fingerprint density at radius 3 is 2.41 bits per heavy atom. The highest BCUT2D eigenvalue weighted by molar-refractivity contribution is 7.80. The standard InChI is InChI=1S/C21H28N6O6S/c22-13(7-11-8-24-14-4-2-1-3-12(11)14)19(30)27-16(10-34)20(31)25-9-18(29)26-15(21(32)33)5-6-17(23)28/h1-4,8,13,15-16,24,34H,5-7,9-10,22H2,(H2,23,28)(H,25,31)(H,26,29)(H,27,30)(H,32,33). The third-order valence-corrected chi connectivity index (χ3v) is 5.37. The van der Waals surface area contributed by atoms with Crippen LogP contribution in [0.15, 0.2) is 30.5 Å². The Morgan fingerprint density at radius 2 is 1.76 bits per heavy atom. The monoisotopic (exact) mass is 492 g/mol. The van der Waals surface area contributed by atoms with Crippen molar-refractivity contribution in [1.29, 1.82) is 0 Å². The van der Waals surface area contributed by atoms with Crippen LogP contribution in [-0.4, -0.2) is 70.1 Å². The SMILES string of the molecule is NC(=O)CCC(NC(=O)CNC(=O)C(CS)NC(=O)C(N)Cc1c[nH]c2ccccc12)C(=O)O. The number of para-hydroxylation sites is 1. The Balaban J connectivity index is 1.85. The highest BCUT2D eigenvalue weighted by Crippen LogP contribution is 2.18. The van der Waals surface area contributed by atoms with Crippen molar-refractivity contribution < 1.29 is 29.1 Å². The van der Waals surface area contributed by atoms with Crippen molar-refractivity contribution in [2.75, 3.05) is 12.3 Å². The maximum absolute atomic E-state index is 12.5. The van der Waals surface area contributed by atoms with Crippen LogP contribution in [0.2, 0.25) is 0 Å². The molecule has 184 valence electrons. The molecule has 0 bridgehead atoms. The number of aliphatic carboxylic acids is 1. The molecule has 0 saturated heterocycles. The van der Waals surface area contributed by atoms with Crippen LogP contribution in [0.4, 0.5) is 0 Å². The number of carboxylic acid groups (broad SMARTS) is 1. The van der Waals surface area contributed by atoms with Gasteiger partial charge in [0, 0.05) is 29.3 Å². The molecule has 2 aromatic rings. The lowest BCUT2D eigenvalue weighted by Crippen LogP contribution is -2.54. The first-order chi connectivity index (χ1) is 16.1. The molecule has 9 N–H and O–H groups in total. The predicted octanol–water partition coefficient (Wildman–Crippen LogP) is -1.60. The van der Waals surface area contributed by atoms with E-state index in [0.717, 1.165) is 16.5 Å². The molecule has 1 heterocycles. The van der Waals surface area contributed by atoms with Gasteiger partial charge < -0.3 is 37.5 Å². The first-order valence-electron chi connectivity index (χ1n) is 10.4. The van der Waals surface area contributed by atoms with Crippen molar-refractivity contribution in [2.24, 2.45) is 11.5 Å². The number of hydrogen-bond acceptors (Lipinski definition) is 7. The molecular weight excluding hydrogens is 464 g/mol. The molecule has 3 atom stereocenters. The van der Waals surface area contributed by atoms with Crippen molar-refractivity contribution in [2.45, 2.75) is 37.4 Å². The summed E-state index contributed by atoms with van der Waals surface area (Å²) in [6, 6.07) is 4.23. The lowest BCUT2D eigenvalue weighted by Gasteiger charge is -2.19. The quantitative estimate of drug-likeness (QED) is 0.153. The van der Waals surface area contributed by atoms with Gasteiger partial charge in [-0.2, -0.15) is 12.6 Å². The highest BCUT2D eigenvalue weighted by atomic mass is 32.1. The minimum absolute atomic E-state index is 0.0602. The van der Waals surface area contributed by atoms with Gasteiger partial charge in [-0.1, -0.05) is 18.2 Å². The van der Waals surface area contributed by atoms with Gasteiger partial charge in [0.05, 0.1) is 12.6 Å². The summed E-state index contributed by atoms with van der Waals surface area (Å²) in [6.07, 6.45) is 1.60. The van der Waals surface area contributed by atoms with Crippen molar-refractivity contribution in [3.05, 3.63) is 36.0 Å². The number of aromatic nitrogens is 1. The van der Waals surface area contributed by atoms with E-state index in [0.29, 0.717) is 0 Å². The second-order valence-electron chi connectivity index (χ2n) is 7.59. The fraction of sp³-hybridized carbons (Fsp3) is 0.381. The van der Waals surface area contributed by atoms with Crippen molar-refractivity contribution >= 4 is 53.1 Å². The maximum Gasteiger partial charge on any atom is 0.326 e. The molecule has 13 heteroatoms. The third-order valence-electron chi connectivity index (χ3n) is 5.00. The van der Waals surface area contributed by atoms with Crippen LogP contribution < -0.4 is 27.4 Å². The summed E-state index contributed by atoms with van der Waals surface area (Å²) in [5.74, 6) is -4.15. The number of nitrogens with two attached hydrogens (primary N) is 2. The van der Waals surface area contributed by atoms with E-state index in [-0.39, 0.29) is 25.0 Å². The van der Waals surface area contributed by atoms with Gasteiger partial charge in [0.15, 0.2) is 0 Å². The average molecular weight is 493 g/mol. The molecule has 4 amide bonds. The minimum Gasteiger partial charge on any atom is -0.480 e. The lowest BCUT2D eigenvalue weighted by atomic mass is 10.0. The molecule has 1 aromatic heterocycles. The van der Waals surface area contributed by atoms with Crippen molar-refractivity contribution in [3.8, 4) is 0 Å². The molecule has 0 spiro atoms. The smallest absolute Gasteiger partial charge is 0.326 e. The molecule has 0 saturated carbocycles. The summed E-state index contributed by atoms with van der Waals surface area (Å²) >= 11 is 4.07. The second kappa shape index (κ2) is 12.6. The summed E-state index contributed by atoms with van der Waals surface area (Å²) in [6.45, 7) is -0.541. The summed E-state index contributed by atoms with van der Waals surface area (Å²) in [4.78, 5) is 62.0. The number of fused-ring (bicyclic) bond motifs is 1. The Bertz CT molecular complexity index is 1060. The minimum atomic E-state index is -1.34. The topological polar surface area (TPSA) is 209 Å². The van der Waals surface area contributed by atoms with Crippen LogP contribution in [0.3, 0.4) is 0 Å². The molecule has 0 fully saturated rings. The third kappa shape index (κ3) is 7.78. The molecular formula is C21H28N6O6S. The Morgan fingerprint density at radius 1 is 1.06 bits per heavy atom. The van der Waals surface area contributed by atoms with Gasteiger partial charge in [0.2, 0.25) is 23.6 Å². The average Bonchev–Trinajstić information content (AvgIpc) is 3.20. The number of nitrogens with one attached hydrogen (secondary N) is 4. The number of carboxylic acids is 1. The number of amides is 4. The van der Waals surface area contributed by atoms with Crippen LogP contribution >= 0.6 is 12.6 Å². The number of primary amides is 1. The Hall–Kier alpha value is -3.58. The van der Waals surface area contributed by atoms with Crippen LogP contribution in [-0.2, 0) is 30.4 Å².